The van der Waals surface area contributed by atoms with E-state index in [4.69, 9.17) is 30.2 Å². The van der Waals surface area contributed by atoms with Crippen LogP contribution in [-0.2, 0) is 6.54 Å². The average molecular weight is 408 g/mol. The molecule has 0 radical (unpaired) electrons. The highest BCUT2D eigenvalue weighted by Gasteiger charge is 2.17. The minimum atomic E-state index is -4.94. The fraction of sp³-hybridized carbons (Fsp3) is 0.150. The van der Waals surface area contributed by atoms with Crippen molar-refractivity contribution in [3.8, 4) is 22.4 Å². The summed E-state index contributed by atoms with van der Waals surface area (Å²) in [4.78, 5) is 0. The van der Waals surface area contributed by atoms with E-state index in [1.165, 1.54) is 28.1 Å². The first kappa shape index (κ1) is 21.3. The summed E-state index contributed by atoms with van der Waals surface area (Å²) >= 11 is 6.00. The lowest BCUT2D eigenvalue weighted by Crippen LogP contribution is -2.68. The second-order valence-corrected chi connectivity index (χ2v) is 6.86. The summed E-state index contributed by atoms with van der Waals surface area (Å²) in [6.45, 7) is 2.96. The van der Waals surface area contributed by atoms with Gasteiger partial charge in [0.05, 0.1) is 5.88 Å². The summed E-state index contributed by atoms with van der Waals surface area (Å²) in [5.41, 5.74) is 6.12. The number of aromatic nitrogens is 1. The predicted molar refractivity (Wildman–Crippen MR) is 93.0 cm³/mol. The molecule has 0 spiro atoms. The number of benzene rings is 2. The Morgan fingerprint density at radius 1 is 0.778 bits per heavy atom. The van der Waals surface area contributed by atoms with Crippen LogP contribution in [0.15, 0.2) is 72.8 Å². The largest absolute Gasteiger partial charge is 0.222 e. The summed E-state index contributed by atoms with van der Waals surface area (Å²) in [5.74, 6) is 0.607. The zero-order valence-electron chi connectivity index (χ0n) is 14.7. The Morgan fingerprint density at radius 2 is 1.26 bits per heavy atom. The topological polar surface area (TPSA) is 96.1 Å². The molecule has 0 unspecified atom stereocenters. The van der Waals surface area contributed by atoms with Crippen molar-refractivity contribution in [1.82, 2.24) is 0 Å². The Kier molecular flexibility index (Phi) is 7.74. The van der Waals surface area contributed by atoms with Crippen LogP contribution in [0.1, 0.15) is 5.69 Å². The Labute approximate surface area is 165 Å². The molecule has 0 aliphatic rings. The molecule has 0 saturated carbocycles. The zero-order chi connectivity index (χ0) is 19.9. The van der Waals surface area contributed by atoms with Gasteiger partial charge >= 0.3 is 0 Å². The van der Waals surface area contributed by atoms with Gasteiger partial charge < -0.3 is 0 Å². The molecule has 0 amide bonds. The van der Waals surface area contributed by atoms with E-state index in [2.05, 4.69) is 72.2 Å². The summed E-state index contributed by atoms with van der Waals surface area (Å²) in [7, 11) is -4.94. The van der Waals surface area contributed by atoms with Crippen LogP contribution in [-0.4, -0.2) is 5.88 Å². The zero-order valence-corrected chi connectivity index (χ0v) is 16.2. The molecule has 7 heteroatoms. The van der Waals surface area contributed by atoms with Crippen molar-refractivity contribution in [3.05, 3.63) is 78.5 Å². The second-order valence-electron chi connectivity index (χ2n) is 5.72. The Morgan fingerprint density at radius 3 is 1.74 bits per heavy atom. The van der Waals surface area contributed by atoms with Crippen molar-refractivity contribution >= 4 is 11.6 Å². The van der Waals surface area contributed by atoms with Gasteiger partial charge in [-0.3, -0.25) is 0 Å². The SMILES string of the molecule is Cc1cc(-c2ccccc2)cc(-c2ccccc2)[n+]1CCCl.[O-][Cl+3]([O-])([O-])[O-]. The molecular weight excluding hydrogens is 389 g/mol. The van der Waals surface area contributed by atoms with Gasteiger partial charge in [0.1, 0.15) is 0 Å². The number of halogens is 2. The molecular formula is C20H19Cl2NO4. The third-order valence-corrected chi connectivity index (χ3v) is 4.03. The van der Waals surface area contributed by atoms with E-state index < -0.39 is 10.2 Å². The molecule has 3 aromatic rings. The third kappa shape index (κ3) is 6.92. The number of rotatable bonds is 4. The molecule has 142 valence electrons. The molecule has 3 rings (SSSR count). The van der Waals surface area contributed by atoms with Gasteiger partial charge in [-0.05, 0) is 23.3 Å². The van der Waals surface area contributed by atoms with Crippen molar-refractivity contribution < 1.29 is 33.4 Å². The molecule has 0 saturated heterocycles. The van der Waals surface area contributed by atoms with Crippen molar-refractivity contribution in [2.45, 2.75) is 13.5 Å². The van der Waals surface area contributed by atoms with Crippen LogP contribution in [0.5, 0.6) is 0 Å². The van der Waals surface area contributed by atoms with E-state index in [0.29, 0.717) is 5.88 Å². The number of pyridine rings is 1. The van der Waals surface area contributed by atoms with Gasteiger partial charge in [-0.25, -0.2) is 18.6 Å². The van der Waals surface area contributed by atoms with E-state index in [0.717, 1.165) is 6.54 Å². The highest BCUT2D eigenvalue weighted by atomic mass is 35.7. The van der Waals surface area contributed by atoms with E-state index >= 15 is 0 Å². The van der Waals surface area contributed by atoms with E-state index in [-0.39, 0.29) is 0 Å². The molecule has 2 aromatic carbocycles. The van der Waals surface area contributed by atoms with Gasteiger partial charge in [0.2, 0.25) is 5.69 Å². The summed E-state index contributed by atoms with van der Waals surface area (Å²) < 4.78 is 36.3. The summed E-state index contributed by atoms with van der Waals surface area (Å²) in [6.07, 6.45) is 0. The van der Waals surface area contributed by atoms with Crippen LogP contribution >= 0.6 is 11.6 Å². The van der Waals surface area contributed by atoms with E-state index in [9.17, 15) is 0 Å². The molecule has 1 aromatic heterocycles. The summed E-state index contributed by atoms with van der Waals surface area (Å²) in [5, 5.41) is 0. The van der Waals surface area contributed by atoms with Crippen LogP contribution in [0.4, 0.5) is 0 Å². The maximum absolute atomic E-state index is 8.49. The maximum Gasteiger partial charge on any atom is 0.213 e. The van der Waals surface area contributed by atoms with Gasteiger partial charge in [-0.1, -0.05) is 48.5 Å². The normalized spacial score (nSPS) is 10.9. The van der Waals surface area contributed by atoms with Gasteiger partial charge in [-0.15, -0.1) is 21.8 Å². The maximum atomic E-state index is 8.49. The number of nitrogens with zero attached hydrogens (tertiary/aromatic N) is 1. The molecule has 27 heavy (non-hydrogen) atoms. The number of aryl methyl sites for hydroxylation is 1. The van der Waals surface area contributed by atoms with Crippen molar-refractivity contribution in [1.29, 1.82) is 0 Å². The smallest absolute Gasteiger partial charge is 0.213 e. The molecule has 5 nitrogen and oxygen atoms in total. The van der Waals surface area contributed by atoms with Gasteiger partial charge in [0, 0.05) is 24.6 Å². The molecule has 0 atom stereocenters. The number of hydrogen-bond donors (Lipinski definition) is 0. The Balaban J connectivity index is 0.000000465. The van der Waals surface area contributed by atoms with Crippen LogP contribution in [0.3, 0.4) is 0 Å². The quantitative estimate of drug-likeness (QED) is 0.452. The molecule has 0 N–H and O–H groups in total. The lowest BCUT2D eigenvalue weighted by atomic mass is 10.0. The van der Waals surface area contributed by atoms with Crippen molar-refractivity contribution in [3.63, 3.8) is 0 Å². The minimum absolute atomic E-state index is 0.607. The van der Waals surface area contributed by atoms with Gasteiger partial charge in [-0.2, -0.15) is 4.57 Å². The highest BCUT2D eigenvalue weighted by molar-refractivity contribution is 6.17. The third-order valence-electron chi connectivity index (χ3n) is 3.86. The lowest BCUT2D eigenvalue weighted by Gasteiger charge is -2.17. The number of alkyl halides is 1. The Hall–Kier alpha value is -1.99. The van der Waals surface area contributed by atoms with Crippen LogP contribution < -0.4 is 23.2 Å². The second kappa shape index (κ2) is 9.80. The molecule has 0 fully saturated rings. The first-order valence-electron chi connectivity index (χ1n) is 8.12. The first-order chi connectivity index (χ1) is 12.8. The molecule has 0 aliphatic heterocycles. The fourth-order valence-corrected chi connectivity index (χ4v) is 2.96. The molecule has 0 bridgehead atoms. The fourth-order valence-electron chi connectivity index (χ4n) is 2.79. The summed E-state index contributed by atoms with van der Waals surface area (Å²) in [6, 6.07) is 25.5. The first-order valence-corrected chi connectivity index (χ1v) is 9.89. The minimum Gasteiger partial charge on any atom is -0.222 e. The van der Waals surface area contributed by atoms with Crippen molar-refractivity contribution in [2.75, 3.05) is 5.88 Å². The van der Waals surface area contributed by atoms with Gasteiger partial charge in [0.15, 0.2) is 12.2 Å². The number of hydrogen-bond acceptors (Lipinski definition) is 4. The van der Waals surface area contributed by atoms with Crippen molar-refractivity contribution in [2.24, 2.45) is 0 Å². The average Bonchev–Trinajstić information content (AvgIpc) is 2.63. The van der Waals surface area contributed by atoms with Crippen LogP contribution in [0.2, 0.25) is 0 Å². The van der Waals surface area contributed by atoms with E-state index in [1.807, 2.05) is 12.1 Å². The monoisotopic (exact) mass is 407 g/mol. The Bertz CT molecular complexity index is 847. The van der Waals surface area contributed by atoms with Gasteiger partial charge in [0.25, 0.3) is 0 Å². The van der Waals surface area contributed by atoms with E-state index in [1.54, 1.807) is 0 Å². The van der Waals surface area contributed by atoms with Crippen LogP contribution in [0.25, 0.3) is 22.4 Å². The highest BCUT2D eigenvalue weighted by Crippen LogP contribution is 2.24. The predicted octanol–water partition coefficient (Wildman–Crippen LogP) is 0.0993. The van der Waals surface area contributed by atoms with Crippen LogP contribution in [0, 0.1) is 17.2 Å². The standard InChI is InChI=1S/C20H19ClN.ClHO4/c1-16-14-19(17-8-4-2-5-9-17)15-20(22(16)13-12-21)18-10-6-3-7-11-18;2-1(3,4)5/h2-11,14-15H,12-13H2,1H3;(H,2,3,4,5)/q+1;/p-1. The molecule has 1 heterocycles. The lowest BCUT2D eigenvalue weighted by molar-refractivity contribution is -2.00. The molecule has 0 aliphatic carbocycles.